The van der Waals surface area contributed by atoms with E-state index in [1.165, 1.54) is 19.1 Å². The molecule has 10 atom stereocenters. The fraction of sp³-hybridized carbons (Fsp3) is 0.688. The molecule has 0 aliphatic carbocycles. The maximum Gasteiger partial charge on any atom is 0.315 e. The van der Waals surface area contributed by atoms with Gasteiger partial charge in [0.15, 0.2) is 29.1 Å². The Morgan fingerprint density at radius 3 is 1.54 bits per heavy atom. The maximum atomic E-state index is 14.9. The first-order chi connectivity index (χ1) is 54.1. The minimum atomic E-state index is -1.24. The average Bonchev–Trinajstić information content (AvgIpc) is 1.65. The Bertz CT molecular complexity index is 3130. The van der Waals surface area contributed by atoms with Crippen LogP contribution in [0, 0.1) is 17.8 Å². The Kier molecular flexibility index (Phi) is 50.8. The lowest BCUT2D eigenvalue weighted by atomic mass is 9.88. The van der Waals surface area contributed by atoms with Crippen molar-refractivity contribution in [2.75, 3.05) is 144 Å². The molecule has 2 aromatic rings. The van der Waals surface area contributed by atoms with E-state index >= 15 is 0 Å². The van der Waals surface area contributed by atoms with Gasteiger partial charge < -0.3 is 115 Å². The molecule has 34 nitrogen and oxygen atoms in total. The summed E-state index contributed by atoms with van der Waals surface area (Å²) in [7, 11) is 0. The number of guanidine groups is 1. The molecule has 0 spiro atoms. The summed E-state index contributed by atoms with van der Waals surface area (Å²) in [6, 6.07) is 10.6. The van der Waals surface area contributed by atoms with E-state index in [1.807, 2.05) is 11.8 Å². The number of nitrogens with zero attached hydrogens (tertiary/aromatic N) is 1. The highest BCUT2D eigenvalue weighted by Crippen LogP contribution is 2.33. The van der Waals surface area contributed by atoms with Crippen LogP contribution in [0.1, 0.15) is 134 Å². The summed E-state index contributed by atoms with van der Waals surface area (Å²) in [5.74, 6) is -7.65. The highest BCUT2D eigenvalue weighted by atomic mass is 32.2. The van der Waals surface area contributed by atoms with Crippen molar-refractivity contribution >= 4 is 82.3 Å². The Labute approximate surface area is 662 Å². The van der Waals surface area contributed by atoms with Gasteiger partial charge in [0, 0.05) is 93.3 Å². The second kappa shape index (κ2) is 59.0. The number of nitrogens with one attached hydrogen (secondary N) is 7. The number of phenolic OH excluding ortho intramolecular Hbond substituents is 1. The van der Waals surface area contributed by atoms with Gasteiger partial charge in [0.2, 0.25) is 35.4 Å². The van der Waals surface area contributed by atoms with Crippen LogP contribution >= 0.6 is 11.8 Å². The molecule has 630 valence electrons. The Hall–Kier alpha value is -7.81. The number of carbonyl (C=O) groups is 11. The van der Waals surface area contributed by atoms with E-state index in [2.05, 4.69) is 42.2 Å². The van der Waals surface area contributed by atoms with Crippen LogP contribution in [0.15, 0.2) is 59.6 Å². The molecule has 0 saturated carbocycles. The Morgan fingerprint density at radius 1 is 0.509 bits per heavy atom. The van der Waals surface area contributed by atoms with Gasteiger partial charge in [0.1, 0.15) is 5.75 Å². The molecule has 2 fully saturated rings. The number of urea groups is 1. The summed E-state index contributed by atoms with van der Waals surface area (Å²) in [5, 5.41) is 30.7. The number of fused-ring (bicyclic) bond motifs is 1. The van der Waals surface area contributed by atoms with E-state index in [0.717, 1.165) is 25.0 Å². The number of ketones is 4. The fourth-order valence-corrected chi connectivity index (χ4v) is 13.9. The number of carbonyl (C=O) groups excluding carboxylic acids is 11. The summed E-state index contributed by atoms with van der Waals surface area (Å²) >= 11 is 1.88. The molecule has 35 heteroatoms. The summed E-state index contributed by atoms with van der Waals surface area (Å²) in [5.41, 5.74) is 35.1. The van der Waals surface area contributed by atoms with Crippen molar-refractivity contribution in [3.05, 3.63) is 65.7 Å². The molecule has 2 aliphatic rings. The molecule has 2 aromatic carbocycles. The number of unbranched alkanes of at least 4 members (excludes halogenated alkanes) is 3. The number of hydrogen-bond donors (Lipinski definition) is 14. The van der Waals surface area contributed by atoms with Crippen LogP contribution in [-0.4, -0.2) is 261 Å². The van der Waals surface area contributed by atoms with Gasteiger partial charge in [0.05, 0.1) is 142 Å². The van der Waals surface area contributed by atoms with Crippen molar-refractivity contribution in [2.45, 2.75) is 177 Å². The third kappa shape index (κ3) is 43.4. The maximum absolute atomic E-state index is 14.9. The molecule has 0 unspecified atom stereocenters. The van der Waals surface area contributed by atoms with E-state index < -0.39 is 107 Å². The van der Waals surface area contributed by atoms with Crippen molar-refractivity contribution < 1.29 is 95.7 Å². The largest absolute Gasteiger partial charge is 0.508 e. The summed E-state index contributed by atoms with van der Waals surface area (Å²) < 4.78 is 44.5. The minimum Gasteiger partial charge on any atom is -0.508 e. The first kappa shape index (κ1) is 96.6. The summed E-state index contributed by atoms with van der Waals surface area (Å²) in [4.78, 5) is 151. The molecule has 2 heterocycles. The Morgan fingerprint density at radius 2 is 0.991 bits per heavy atom. The quantitative estimate of drug-likeness (QED) is 0.0184. The lowest BCUT2D eigenvalue weighted by Gasteiger charge is -2.26. The molecule has 8 amide bonds. The van der Waals surface area contributed by atoms with Crippen LogP contribution in [0.2, 0.25) is 0 Å². The molecule has 112 heavy (non-hydrogen) atoms. The zero-order valence-corrected chi connectivity index (χ0v) is 66.0. The molecule has 0 radical (unpaired) electrons. The fourth-order valence-electron chi connectivity index (χ4n) is 12.3. The predicted octanol–water partition coefficient (Wildman–Crippen LogP) is 0.332. The van der Waals surface area contributed by atoms with E-state index in [9.17, 15) is 57.8 Å². The normalized spacial score (nSPS) is 16.2. The molecule has 0 bridgehead atoms. The Balaban J connectivity index is 1.14. The van der Waals surface area contributed by atoms with Crippen LogP contribution in [0.3, 0.4) is 0 Å². The van der Waals surface area contributed by atoms with Gasteiger partial charge in [-0.1, -0.05) is 62.2 Å². The number of phenols is 1. The third-order valence-corrected chi connectivity index (χ3v) is 20.1. The van der Waals surface area contributed by atoms with Crippen molar-refractivity contribution in [3.63, 3.8) is 0 Å². The number of rotatable bonds is 69. The third-order valence-electron chi connectivity index (χ3n) is 18.6. The van der Waals surface area contributed by atoms with Gasteiger partial charge in [-0.25, -0.2) is 4.79 Å². The van der Waals surface area contributed by atoms with E-state index in [1.54, 1.807) is 42.5 Å². The number of benzene rings is 2. The molecular weight excluding hydrogens is 1470 g/mol. The van der Waals surface area contributed by atoms with Gasteiger partial charge in [-0.15, -0.1) is 0 Å². The number of aromatic hydroxyl groups is 1. The van der Waals surface area contributed by atoms with Gasteiger partial charge in [-0.05, 0) is 107 Å². The van der Waals surface area contributed by atoms with E-state index in [4.69, 9.17) is 72.3 Å². The number of hydrogen-bond acceptors (Lipinski definition) is 25. The number of Topliss-reactive ketones (excluding diaryl/α,β-unsaturated/α-hetero) is 4. The number of thioether (sulfide) groups is 1. The molecule has 2 saturated heterocycles. The number of ether oxygens (including phenoxy) is 8. The average molecular weight is 1600 g/mol. The highest BCUT2D eigenvalue weighted by Gasteiger charge is 2.43. The van der Waals surface area contributed by atoms with Gasteiger partial charge in [-0.2, -0.15) is 11.8 Å². The lowest BCUT2D eigenvalue weighted by Crippen LogP contribution is -2.49. The molecule has 2 aliphatic heterocycles. The van der Waals surface area contributed by atoms with Crippen molar-refractivity contribution in [2.24, 2.45) is 57.1 Å². The zero-order valence-electron chi connectivity index (χ0n) is 65.2. The van der Waals surface area contributed by atoms with Crippen LogP contribution in [0.4, 0.5) is 4.79 Å². The van der Waals surface area contributed by atoms with E-state index in [-0.39, 0.29) is 133 Å². The van der Waals surface area contributed by atoms with Crippen molar-refractivity contribution in [1.29, 1.82) is 0 Å². The lowest BCUT2D eigenvalue weighted by molar-refractivity contribution is -0.136. The van der Waals surface area contributed by atoms with Crippen LogP contribution < -0.4 is 71.6 Å². The van der Waals surface area contributed by atoms with Crippen molar-refractivity contribution in [1.82, 2.24) is 37.2 Å². The van der Waals surface area contributed by atoms with Gasteiger partial charge in [0.25, 0.3) is 0 Å². The van der Waals surface area contributed by atoms with Crippen molar-refractivity contribution in [3.8, 4) is 5.75 Å². The summed E-state index contributed by atoms with van der Waals surface area (Å²) in [6.45, 7) is 8.65. The van der Waals surface area contributed by atoms with Crippen LogP contribution in [-0.2, 0) is 98.7 Å². The molecule has 0 aromatic heterocycles. The zero-order chi connectivity index (χ0) is 81.5. The number of aliphatic imine (C=N–C) groups is 1. The van der Waals surface area contributed by atoms with Gasteiger partial charge >= 0.3 is 6.03 Å². The summed E-state index contributed by atoms with van der Waals surface area (Å²) in [6.07, 6.45) is 3.69. The second-order valence-electron chi connectivity index (χ2n) is 27.8. The molecule has 20 N–H and O–H groups in total. The smallest absolute Gasteiger partial charge is 0.315 e. The molecule has 4 rings (SSSR count). The first-order valence-electron chi connectivity index (χ1n) is 39.2. The first-order valence-corrected chi connectivity index (χ1v) is 40.3. The van der Waals surface area contributed by atoms with Crippen LogP contribution in [0.25, 0.3) is 0 Å². The SMILES string of the molecule is C[C@H](CC(=O)[C@@H](N)CC(N)=O)C(=O)N[C@@H](CCCN=C(N)N)C(=O)C[C@@H](CCCCN)C(=O)N[C@@H](Cc1ccccc1)C(=O)C[C@@H](Cc1ccc(O)cc1)C(=O)N[C@@H](CCCCN)C(=O)CCC(=O)NCCOCCOCCOCCOCCOCCOCCOCCOCCNC(=O)CCCC[C@@H]1SC[C@@H]2NC(=O)N[C@@H]21. The van der Waals surface area contributed by atoms with Crippen LogP contribution in [0.5, 0.6) is 5.75 Å². The topological polar surface area (TPSA) is 535 Å². The number of amides is 8. The second-order valence-corrected chi connectivity index (χ2v) is 29.0. The minimum absolute atomic E-state index is 0.0108. The number of primary amides is 1. The standard InChI is InChI=1S/C77H126N14O20S/c1-53(46-65(94)59(80)51-69(81)97)73(100)87-61(16-11-27-86-76(82)83)66(95)49-56(14-7-9-25-78)74(101)89-62(48-54-12-3-2-4-13-54)67(96)50-57(47-55-19-21-58(92)22-20-55)75(102)88-60(15-8-10-26-79)64(93)23-24-71(99)85-29-31-105-33-35-107-37-39-109-41-43-111-45-44-110-42-40-108-38-36-106-34-32-104-30-28-84-70(98)18-6-5-17-68-72-63(52-112-68)90-77(103)91-72/h2-4,12-13,19-22,53,56-57,59-63,68,72,92H,5-11,14-18,23-52,78-80H2,1H3,(H2,81,97)(H,84,98)(H,85,99)(H,87,100)(H,88,102)(H,89,101)(H4,82,83,86)(H2,90,91,103)/t53-,56-,57-,59+,60+,61+,62+,63+,68+,72+/m1/s1. The number of nitrogens with two attached hydrogens (primary N) is 6. The van der Waals surface area contributed by atoms with Gasteiger partial charge in [-0.3, -0.25) is 52.9 Å². The predicted molar refractivity (Wildman–Crippen MR) is 421 cm³/mol. The molecular formula is C77H126N14O20S. The monoisotopic (exact) mass is 1600 g/mol. The van der Waals surface area contributed by atoms with E-state index in [0.29, 0.717) is 154 Å². The highest BCUT2D eigenvalue weighted by molar-refractivity contribution is 8.00.